The van der Waals surface area contributed by atoms with Gasteiger partial charge in [-0.05, 0) is 42.8 Å². The third-order valence-electron chi connectivity index (χ3n) is 4.76. The zero-order valence-electron chi connectivity index (χ0n) is 17.0. The number of carbonyl (C=O) groups is 1. The number of methoxy groups -OCH3 is 1. The molecule has 0 radical (unpaired) electrons. The maximum absolute atomic E-state index is 13.0. The second-order valence-corrected chi connectivity index (χ2v) is 6.91. The summed E-state index contributed by atoms with van der Waals surface area (Å²) in [6.45, 7) is 1.67. The van der Waals surface area contributed by atoms with E-state index in [2.05, 4.69) is 15.6 Å². The van der Waals surface area contributed by atoms with Crippen molar-refractivity contribution in [3.63, 3.8) is 0 Å². The Labute approximate surface area is 177 Å². The molecule has 0 aliphatic carbocycles. The summed E-state index contributed by atoms with van der Waals surface area (Å²) in [5, 5.41) is 15.5. The van der Waals surface area contributed by atoms with Crippen molar-refractivity contribution < 1.29 is 27.8 Å². The van der Waals surface area contributed by atoms with Crippen molar-refractivity contribution in [2.45, 2.75) is 25.6 Å². The van der Waals surface area contributed by atoms with Crippen molar-refractivity contribution in [1.82, 2.24) is 10.3 Å². The van der Waals surface area contributed by atoms with Crippen LogP contribution in [-0.4, -0.2) is 35.8 Å². The average Bonchev–Trinajstić information content (AvgIpc) is 2.75. The van der Waals surface area contributed by atoms with E-state index in [9.17, 15) is 23.1 Å². The summed E-state index contributed by atoms with van der Waals surface area (Å²) >= 11 is 0. The highest BCUT2D eigenvalue weighted by Crippen LogP contribution is 2.33. The third kappa shape index (κ3) is 5.24. The quantitative estimate of drug-likeness (QED) is 0.511. The maximum Gasteiger partial charge on any atom is 0.416 e. The molecule has 0 aliphatic heterocycles. The predicted molar refractivity (Wildman–Crippen MR) is 112 cm³/mol. The summed E-state index contributed by atoms with van der Waals surface area (Å²) in [5.74, 6) is 0.357. The molecule has 1 amide bonds. The number of ether oxygens (including phenoxy) is 1. The number of hydrogen-bond donors (Lipinski definition) is 3. The summed E-state index contributed by atoms with van der Waals surface area (Å²) in [7, 11) is 1.47. The lowest BCUT2D eigenvalue weighted by molar-refractivity contribution is -0.137. The first-order valence-corrected chi connectivity index (χ1v) is 9.60. The number of nitrogens with one attached hydrogen (secondary N) is 2. The van der Waals surface area contributed by atoms with Crippen molar-refractivity contribution in [3.8, 4) is 5.75 Å². The van der Waals surface area contributed by atoms with E-state index in [1.54, 1.807) is 24.3 Å². The van der Waals surface area contributed by atoms with E-state index in [1.165, 1.54) is 19.2 Å². The van der Waals surface area contributed by atoms with Crippen molar-refractivity contribution in [2.24, 2.45) is 0 Å². The van der Waals surface area contributed by atoms with E-state index >= 15 is 0 Å². The lowest BCUT2D eigenvalue weighted by Crippen LogP contribution is -2.36. The van der Waals surface area contributed by atoms with E-state index in [0.717, 1.165) is 12.1 Å². The molecule has 3 N–H and O–H groups in total. The largest absolute Gasteiger partial charge is 0.496 e. The van der Waals surface area contributed by atoms with Crippen LogP contribution in [0.3, 0.4) is 0 Å². The van der Waals surface area contributed by atoms with Crippen LogP contribution in [0.4, 0.5) is 24.7 Å². The van der Waals surface area contributed by atoms with Crippen molar-refractivity contribution in [1.29, 1.82) is 0 Å². The van der Waals surface area contributed by atoms with E-state index in [-0.39, 0.29) is 30.1 Å². The van der Waals surface area contributed by atoms with Gasteiger partial charge < -0.3 is 20.5 Å². The molecule has 2 aromatic carbocycles. The maximum atomic E-state index is 13.0. The predicted octanol–water partition coefficient (Wildman–Crippen LogP) is 4.51. The first kappa shape index (κ1) is 22.4. The fourth-order valence-corrected chi connectivity index (χ4v) is 3.04. The monoisotopic (exact) mass is 433 g/mol. The topological polar surface area (TPSA) is 83.5 Å². The number of rotatable bonds is 7. The number of alkyl halides is 3. The van der Waals surface area contributed by atoms with Gasteiger partial charge >= 0.3 is 6.18 Å². The molecule has 6 nitrogen and oxygen atoms in total. The molecule has 31 heavy (non-hydrogen) atoms. The number of benzene rings is 2. The van der Waals surface area contributed by atoms with Gasteiger partial charge in [-0.3, -0.25) is 4.79 Å². The van der Waals surface area contributed by atoms with Gasteiger partial charge in [0.25, 0.3) is 5.91 Å². The molecule has 3 rings (SSSR count). The van der Waals surface area contributed by atoms with Crippen LogP contribution in [0.5, 0.6) is 5.75 Å². The van der Waals surface area contributed by atoms with Crippen LogP contribution in [0.15, 0.2) is 48.5 Å². The van der Waals surface area contributed by atoms with Crippen LogP contribution < -0.4 is 15.4 Å². The Bertz CT molecular complexity index is 1080. The Morgan fingerprint density at radius 3 is 2.61 bits per heavy atom. The van der Waals surface area contributed by atoms with E-state index in [0.29, 0.717) is 28.6 Å². The first-order chi connectivity index (χ1) is 14.7. The third-order valence-corrected chi connectivity index (χ3v) is 4.76. The minimum atomic E-state index is -4.46. The molecule has 164 valence electrons. The number of fused-ring (bicyclic) bond motifs is 1. The van der Waals surface area contributed by atoms with Gasteiger partial charge in [0.05, 0.1) is 30.8 Å². The van der Waals surface area contributed by atoms with Gasteiger partial charge in [0.1, 0.15) is 11.6 Å². The highest BCUT2D eigenvalue weighted by molar-refractivity contribution is 5.99. The van der Waals surface area contributed by atoms with Gasteiger partial charge in [0.15, 0.2) is 0 Å². The first-order valence-electron chi connectivity index (χ1n) is 9.60. The number of halogens is 3. The summed E-state index contributed by atoms with van der Waals surface area (Å²) in [6, 6.07) is 10.8. The molecule has 3 aromatic rings. The van der Waals surface area contributed by atoms with Gasteiger partial charge in [-0.15, -0.1) is 0 Å². The Morgan fingerprint density at radius 2 is 1.97 bits per heavy atom. The number of aromatic nitrogens is 1. The summed E-state index contributed by atoms with van der Waals surface area (Å²) in [4.78, 5) is 16.9. The Balaban J connectivity index is 1.95. The molecule has 0 fully saturated rings. The number of aliphatic hydroxyl groups is 1. The molecule has 0 saturated carbocycles. The summed E-state index contributed by atoms with van der Waals surface area (Å²) in [5.41, 5.74) is 0.202. The number of amides is 1. The summed E-state index contributed by atoms with van der Waals surface area (Å²) < 4.78 is 44.3. The minimum Gasteiger partial charge on any atom is -0.496 e. The zero-order chi connectivity index (χ0) is 22.6. The average molecular weight is 433 g/mol. The molecule has 0 unspecified atom stereocenters. The van der Waals surface area contributed by atoms with Crippen molar-refractivity contribution in [3.05, 3.63) is 59.7 Å². The molecule has 1 heterocycles. The van der Waals surface area contributed by atoms with Gasteiger partial charge in [-0.2, -0.15) is 13.2 Å². The van der Waals surface area contributed by atoms with Gasteiger partial charge in [-0.1, -0.05) is 13.0 Å². The van der Waals surface area contributed by atoms with Crippen LogP contribution in [0.25, 0.3) is 10.9 Å². The molecule has 1 atom stereocenters. The van der Waals surface area contributed by atoms with Gasteiger partial charge in [-0.25, -0.2) is 4.98 Å². The Kier molecular flexibility index (Phi) is 6.65. The standard InChI is InChI=1S/C22H22F3N3O3/c1-3-15(12-29)27-21(30)13-7-8-17-18(9-13)28-20(11-19(17)31-2)26-16-6-4-5-14(10-16)22(23,24)25/h4-11,15,29H,3,12H2,1-2H3,(H,26,28)(H,27,30)/t15-/m1/s1. The van der Waals surface area contributed by atoms with Crippen LogP contribution in [0.1, 0.15) is 29.3 Å². The van der Waals surface area contributed by atoms with E-state index in [1.807, 2.05) is 6.92 Å². The Morgan fingerprint density at radius 1 is 1.19 bits per heavy atom. The number of pyridine rings is 1. The van der Waals surface area contributed by atoms with E-state index < -0.39 is 11.7 Å². The molecule has 0 saturated heterocycles. The molecule has 0 spiro atoms. The number of nitrogens with zero attached hydrogens (tertiary/aromatic N) is 1. The SMILES string of the molecule is CC[C@H](CO)NC(=O)c1ccc2c(OC)cc(Nc3cccc(C(F)(F)F)c3)nc2c1. The Hall–Kier alpha value is -3.33. The highest BCUT2D eigenvalue weighted by atomic mass is 19.4. The smallest absolute Gasteiger partial charge is 0.416 e. The molecule has 1 aromatic heterocycles. The lowest BCUT2D eigenvalue weighted by atomic mass is 10.1. The van der Waals surface area contributed by atoms with Crippen LogP contribution in [0, 0.1) is 0 Å². The second-order valence-electron chi connectivity index (χ2n) is 6.91. The van der Waals surface area contributed by atoms with Gasteiger partial charge in [0, 0.05) is 22.7 Å². The molecular formula is C22H22F3N3O3. The van der Waals surface area contributed by atoms with Crippen LogP contribution >= 0.6 is 0 Å². The fourth-order valence-electron chi connectivity index (χ4n) is 3.04. The molecule has 0 bridgehead atoms. The highest BCUT2D eigenvalue weighted by Gasteiger charge is 2.30. The number of carbonyl (C=O) groups excluding carboxylic acids is 1. The summed E-state index contributed by atoms with van der Waals surface area (Å²) in [6.07, 6.45) is -3.88. The molecule has 0 aliphatic rings. The molecular weight excluding hydrogens is 411 g/mol. The van der Waals surface area contributed by atoms with Crippen LogP contribution in [-0.2, 0) is 6.18 Å². The molecule has 9 heteroatoms. The van der Waals surface area contributed by atoms with Crippen molar-refractivity contribution >= 4 is 28.3 Å². The second kappa shape index (κ2) is 9.22. The zero-order valence-corrected chi connectivity index (χ0v) is 17.0. The van der Waals surface area contributed by atoms with Gasteiger partial charge in [0.2, 0.25) is 0 Å². The number of aliphatic hydroxyl groups excluding tert-OH is 1. The minimum absolute atomic E-state index is 0.174. The fraction of sp³-hybridized carbons (Fsp3) is 0.273. The number of hydrogen-bond acceptors (Lipinski definition) is 5. The van der Waals surface area contributed by atoms with E-state index in [4.69, 9.17) is 4.74 Å². The normalized spacial score (nSPS) is 12.5. The number of anilines is 2. The lowest BCUT2D eigenvalue weighted by Gasteiger charge is -2.15. The van der Waals surface area contributed by atoms with Crippen molar-refractivity contribution in [2.75, 3.05) is 19.0 Å². The van der Waals surface area contributed by atoms with Crippen LogP contribution in [0.2, 0.25) is 0 Å².